The van der Waals surface area contributed by atoms with Gasteiger partial charge in [0.2, 0.25) is 0 Å². The number of aryl methyl sites for hydroxylation is 1. The molecule has 0 spiro atoms. The Morgan fingerprint density at radius 2 is 1.50 bits per heavy atom. The average molecular weight is 281 g/mol. The molecule has 0 aromatic heterocycles. The predicted molar refractivity (Wildman–Crippen MR) is 77.0 cm³/mol. The highest BCUT2D eigenvalue weighted by Crippen LogP contribution is 2.22. The molecule has 1 nitrogen and oxygen atoms in total. The first-order valence-electron chi connectivity index (χ1n) is 5.97. The summed E-state index contributed by atoms with van der Waals surface area (Å²) in [5.41, 5.74) is 3.60. The molecule has 0 atom stereocenters. The van der Waals surface area contributed by atoms with Crippen molar-refractivity contribution in [1.29, 1.82) is 0 Å². The Morgan fingerprint density at radius 1 is 0.889 bits per heavy atom. The number of nitrogens with two attached hydrogens (primary N) is 1. The minimum atomic E-state index is 0.739. The van der Waals surface area contributed by atoms with Gasteiger partial charge < -0.3 is 5.32 Å². The summed E-state index contributed by atoms with van der Waals surface area (Å²) in [5.74, 6) is 0. The molecule has 0 aliphatic heterocycles. The SMILES string of the molecule is Cc1ccc(C[NH2+]Cc2c(Cl)cccc2Cl)cc1. The number of halogens is 2. The van der Waals surface area contributed by atoms with Crippen LogP contribution in [0, 0.1) is 6.92 Å². The van der Waals surface area contributed by atoms with Crippen LogP contribution in [0.1, 0.15) is 16.7 Å². The van der Waals surface area contributed by atoms with Crippen LogP contribution in [-0.4, -0.2) is 0 Å². The van der Waals surface area contributed by atoms with E-state index >= 15 is 0 Å². The van der Waals surface area contributed by atoms with Crippen LogP contribution in [0.25, 0.3) is 0 Å². The van der Waals surface area contributed by atoms with Gasteiger partial charge in [-0.1, -0.05) is 59.1 Å². The standard InChI is InChI=1S/C15H15Cl2N/c1-11-5-7-12(8-6-11)9-18-10-13-14(16)3-2-4-15(13)17/h2-8,18H,9-10H2,1H3/p+1. The summed E-state index contributed by atoms with van der Waals surface area (Å²) in [6, 6.07) is 14.2. The minimum Gasteiger partial charge on any atom is -0.339 e. The van der Waals surface area contributed by atoms with Gasteiger partial charge in [0.05, 0.1) is 10.0 Å². The van der Waals surface area contributed by atoms with Crippen molar-refractivity contribution in [2.45, 2.75) is 20.0 Å². The fraction of sp³-hybridized carbons (Fsp3) is 0.200. The highest BCUT2D eigenvalue weighted by Gasteiger charge is 2.06. The van der Waals surface area contributed by atoms with Gasteiger partial charge in [-0.3, -0.25) is 0 Å². The van der Waals surface area contributed by atoms with E-state index in [1.807, 2.05) is 18.2 Å². The lowest BCUT2D eigenvalue weighted by molar-refractivity contribution is -0.686. The van der Waals surface area contributed by atoms with E-state index in [0.29, 0.717) is 0 Å². The van der Waals surface area contributed by atoms with Gasteiger partial charge in [-0.15, -0.1) is 0 Å². The normalized spacial score (nSPS) is 10.6. The average Bonchev–Trinajstić information content (AvgIpc) is 2.35. The lowest BCUT2D eigenvalue weighted by atomic mass is 10.1. The monoisotopic (exact) mass is 280 g/mol. The van der Waals surface area contributed by atoms with Crippen LogP contribution in [0.2, 0.25) is 10.0 Å². The Balaban J connectivity index is 1.94. The van der Waals surface area contributed by atoms with Gasteiger partial charge in [0, 0.05) is 11.1 Å². The van der Waals surface area contributed by atoms with Gasteiger partial charge in [0.25, 0.3) is 0 Å². The highest BCUT2D eigenvalue weighted by molar-refractivity contribution is 6.35. The highest BCUT2D eigenvalue weighted by atomic mass is 35.5. The first-order valence-corrected chi connectivity index (χ1v) is 6.72. The molecule has 0 aliphatic rings. The molecule has 94 valence electrons. The van der Waals surface area contributed by atoms with Crippen molar-refractivity contribution >= 4 is 23.2 Å². The Bertz CT molecular complexity index is 500. The van der Waals surface area contributed by atoms with Gasteiger partial charge in [-0.05, 0) is 19.1 Å². The summed E-state index contributed by atoms with van der Waals surface area (Å²) in [4.78, 5) is 0. The number of rotatable bonds is 4. The zero-order valence-electron chi connectivity index (χ0n) is 10.3. The molecule has 2 rings (SSSR count). The molecule has 0 amide bonds. The molecule has 0 unspecified atom stereocenters. The topological polar surface area (TPSA) is 16.6 Å². The third-order valence-electron chi connectivity index (χ3n) is 2.91. The summed E-state index contributed by atoms with van der Waals surface area (Å²) < 4.78 is 0. The zero-order valence-corrected chi connectivity index (χ0v) is 11.8. The van der Waals surface area contributed by atoms with Crippen molar-refractivity contribution in [2.75, 3.05) is 0 Å². The first-order chi connectivity index (χ1) is 8.66. The number of quaternary nitrogens is 1. The second kappa shape index (κ2) is 6.24. The van der Waals surface area contributed by atoms with Crippen molar-refractivity contribution in [3.8, 4) is 0 Å². The molecule has 0 fully saturated rings. The van der Waals surface area contributed by atoms with E-state index in [1.54, 1.807) is 0 Å². The molecular weight excluding hydrogens is 265 g/mol. The Morgan fingerprint density at radius 3 is 2.11 bits per heavy atom. The van der Waals surface area contributed by atoms with Crippen LogP contribution in [0.5, 0.6) is 0 Å². The smallest absolute Gasteiger partial charge is 0.104 e. The van der Waals surface area contributed by atoms with Crippen molar-refractivity contribution in [3.63, 3.8) is 0 Å². The molecule has 0 bridgehead atoms. The molecule has 2 aromatic rings. The maximum Gasteiger partial charge on any atom is 0.104 e. The maximum atomic E-state index is 6.13. The summed E-state index contributed by atoms with van der Waals surface area (Å²) >= 11 is 12.3. The van der Waals surface area contributed by atoms with Crippen molar-refractivity contribution < 1.29 is 5.32 Å². The summed E-state index contributed by atoms with van der Waals surface area (Å²) in [6.45, 7) is 3.82. The van der Waals surface area contributed by atoms with Gasteiger partial charge in [0.15, 0.2) is 0 Å². The van der Waals surface area contributed by atoms with E-state index in [2.05, 4.69) is 36.5 Å². The first kappa shape index (κ1) is 13.4. The quantitative estimate of drug-likeness (QED) is 0.882. The lowest BCUT2D eigenvalue weighted by Crippen LogP contribution is -2.80. The van der Waals surface area contributed by atoms with Crippen molar-refractivity contribution in [2.24, 2.45) is 0 Å². The van der Waals surface area contributed by atoms with Gasteiger partial charge >= 0.3 is 0 Å². The fourth-order valence-corrected chi connectivity index (χ4v) is 2.39. The van der Waals surface area contributed by atoms with Crippen molar-refractivity contribution in [1.82, 2.24) is 0 Å². The van der Waals surface area contributed by atoms with E-state index in [4.69, 9.17) is 23.2 Å². The number of hydrogen-bond acceptors (Lipinski definition) is 0. The molecule has 0 saturated carbocycles. The summed E-state index contributed by atoms with van der Waals surface area (Å²) in [5, 5.41) is 3.68. The molecular formula is C15H16Cl2N+. The molecule has 0 aliphatic carbocycles. The van der Waals surface area contributed by atoms with Crippen LogP contribution in [-0.2, 0) is 13.1 Å². The van der Waals surface area contributed by atoms with Crippen LogP contribution < -0.4 is 5.32 Å². The van der Waals surface area contributed by atoms with E-state index in [1.165, 1.54) is 11.1 Å². The second-order valence-electron chi connectivity index (χ2n) is 4.38. The largest absolute Gasteiger partial charge is 0.339 e. The predicted octanol–water partition coefficient (Wildman–Crippen LogP) is 3.57. The van der Waals surface area contributed by atoms with Crippen LogP contribution in [0.3, 0.4) is 0 Å². The zero-order chi connectivity index (χ0) is 13.0. The van der Waals surface area contributed by atoms with Crippen LogP contribution >= 0.6 is 23.2 Å². The van der Waals surface area contributed by atoms with E-state index in [0.717, 1.165) is 28.7 Å². The minimum absolute atomic E-state index is 0.739. The fourth-order valence-electron chi connectivity index (χ4n) is 1.83. The third kappa shape index (κ3) is 3.49. The molecule has 0 heterocycles. The third-order valence-corrected chi connectivity index (χ3v) is 3.62. The van der Waals surface area contributed by atoms with Gasteiger partial charge in [-0.2, -0.15) is 0 Å². The van der Waals surface area contributed by atoms with E-state index in [9.17, 15) is 0 Å². The molecule has 2 N–H and O–H groups in total. The molecule has 18 heavy (non-hydrogen) atoms. The molecule has 0 radical (unpaired) electrons. The van der Waals surface area contributed by atoms with E-state index < -0.39 is 0 Å². The molecule has 0 saturated heterocycles. The van der Waals surface area contributed by atoms with Crippen molar-refractivity contribution in [3.05, 3.63) is 69.2 Å². The number of hydrogen-bond donors (Lipinski definition) is 1. The lowest BCUT2D eigenvalue weighted by Gasteiger charge is -2.06. The van der Waals surface area contributed by atoms with Gasteiger partial charge in [-0.25, -0.2) is 0 Å². The Hall–Kier alpha value is -1.02. The Kier molecular flexibility index (Phi) is 4.65. The van der Waals surface area contributed by atoms with Gasteiger partial charge in [0.1, 0.15) is 13.1 Å². The molecule has 2 aromatic carbocycles. The number of benzene rings is 2. The van der Waals surface area contributed by atoms with E-state index in [-0.39, 0.29) is 0 Å². The second-order valence-corrected chi connectivity index (χ2v) is 5.20. The summed E-state index contributed by atoms with van der Waals surface area (Å²) in [6.07, 6.45) is 0. The Labute approximate surface area is 118 Å². The summed E-state index contributed by atoms with van der Waals surface area (Å²) in [7, 11) is 0. The van der Waals surface area contributed by atoms with Crippen LogP contribution in [0.15, 0.2) is 42.5 Å². The maximum absolute atomic E-state index is 6.13. The van der Waals surface area contributed by atoms with Crippen LogP contribution in [0.4, 0.5) is 0 Å². The molecule has 3 heteroatoms.